The van der Waals surface area contributed by atoms with Gasteiger partial charge < -0.3 is 30.5 Å². The fourth-order valence-corrected chi connectivity index (χ4v) is 3.46. The first-order valence-electron chi connectivity index (χ1n) is 9.60. The monoisotopic (exact) mass is 347 g/mol. The summed E-state index contributed by atoms with van der Waals surface area (Å²) in [7, 11) is 0. The molecule has 6 nitrogen and oxygen atoms in total. The van der Waals surface area contributed by atoms with E-state index in [1.165, 1.54) is 32.1 Å². The summed E-state index contributed by atoms with van der Waals surface area (Å²) in [5.74, 6) is -1.57. The molecule has 0 saturated carbocycles. The minimum atomic E-state index is -1.57. The van der Waals surface area contributed by atoms with Crippen LogP contribution in [0.5, 0.6) is 0 Å². The fourth-order valence-electron chi connectivity index (χ4n) is 3.46. The maximum absolute atomic E-state index is 10.9. The second kappa shape index (κ2) is 11.4. The Morgan fingerprint density at radius 3 is 2.04 bits per heavy atom. The summed E-state index contributed by atoms with van der Waals surface area (Å²) in [4.78, 5) is 0. The second-order valence-electron chi connectivity index (χ2n) is 6.93. The van der Waals surface area contributed by atoms with Crippen LogP contribution in [0.15, 0.2) is 0 Å². The number of nitrogens with one attached hydrogen (secondary N) is 1. The van der Waals surface area contributed by atoms with Crippen molar-refractivity contribution in [1.29, 1.82) is 0 Å². The summed E-state index contributed by atoms with van der Waals surface area (Å²) in [6.45, 7) is 4.18. The molecule has 0 amide bonds. The molecule has 1 saturated heterocycles. The highest BCUT2D eigenvalue weighted by Crippen LogP contribution is 2.32. The van der Waals surface area contributed by atoms with Gasteiger partial charge in [0, 0.05) is 6.42 Å². The molecule has 0 aliphatic carbocycles. The van der Waals surface area contributed by atoms with Gasteiger partial charge in [-0.2, -0.15) is 0 Å². The highest BCUT2D eigenvalue weighted by atomic mass is 16.6. The number of unbranched alkanes of at least 4 members (excludes halogenated alkanes) is 7. The maximum atomic E-state index is 10.9. The molecule has 1 rings (SSSR count). The molecule has 24 heavy (non-hydrogen) atoms. The predicted octanol–water partition coefficient (Wildman–Crippen LogP) is 1.30. The molecule has 0 bridgehead atoms. The first kappa shape index (κ1) is 21.8. The number of ether oxygens (including phenoxy) is 1. The minimum Gasteiger partial charge on any atom is -0.394 e. The summed E-state index contributed by atoms with van der Waals surface area (Å²) in [6.07, 6.45) is 6.22. The Hall–Kier alpha value is -0.240. The van der Waals surface area contributed by atoms with Gasteiger partial charge in [-0.05, 0) is 13.0 Å². The number of likely N-dealkylation sites (N-methyl/N-ethyl adjacent to an activating group) is 1. The number of hydrogen-bond acceptors (Lipinski definition) is 6. The van der Waals surface area contributed by atoms with Crippen molar-refractivity contribution in [2.45, 2.75) is 102 Å². The molecule has 5 atom stereocenters. The first-order chi connectivity index (χ1) is 11.5. The smallest absolute Gasteiger partial charge is 0.184 e. The third-order valence-electron chi connectivity index (χ3n) is 4.91. The van der Waals surface area contributed by atoms with Crippen molar-refractivity contribution in [3.8, 4) is 0 Å². The van der Waals surface area contributed by atoms with Crippen LogP contribution in [0.1, 0.15) is 71.6 Å². The topological polar surface area (TPSA) is 102 Å². The molecular weight excluding hydrogens is 310 g/mol. The van der Waals surface area contributed by atoms with Gasteiger partial charge in [0.2, 0.25) is 0 Å². The molecule has 0 spiro atoms. The van der Waals surface area contributed by atoms with Crippen LogP contribution in [-0.4, -0.2) is 63.7 Å². The average Bonchev–Trinajstić information content (AvgIpc) is 2.57. The van der Waals surface area contributed by atoms with Gasteiger partial charge in [-0.15, -0.1) is 0 Å². The van der Waals surface area contributed by atoms with E-state index >= 15 is 0 Å². The van der Waals surface area contributed by atoms with E-state index < -0.39 is 36.7 Å². The lowest BCUT2D eigenvalue weighted by atomic mass is 9.87. The normalized spacial score (nSPS) is 33.8. The van der Waals surface area contributed by atoms with Gasteiger partial charge >= 0.3 is 0 Å². The molecule has 1 fully saturated rings. The summed E-state index contributed by atoms with van der Waals surface area (Å²) in [6, 6.07) is -0.759. The maximum Gasteiger partial charge on any atom is 0.184 e. The SMILES string of the molecule is CCCCCCCCCC[C@]1(O)O[C@H](CO)[C@@H](O)[C@H](O)[C@H]1NCC. The molecular formula is C18H37NO5. The van der Waals surface area contributed by atoms with Crippen LogP contribution in [-0.2, 0) is 4.74 Å². The molecule has 1 heterocycles. The Morgan fingerprint density at radius 1 is 0.917 bits per heavy atom. The van der Waals surface area contributed by atoms with Gasteiger partial charge in [0.1, 0.15) is 18.3 Å². The summed E-state index contributed by atoms with van der Waals surface area (Å²) >= 11 is 0. The standard InChI is InChI=1S/C18H37NO5/c1-3-5-6-7-8-9-10-11-12-18(23)17(19-4-2)16(22)15(21)14(13-20)24-18/h14-17,19-23H,3-13H2,1-2H3/t14-,15-,16+,17-,18+/m1/s1. The lowest BCUT2D eigenvalue weighted by Gasteiger charge is -2.48. The molecule has 0 unspecified atom stereocenters. The number of aliphatic hydroxyl groups is 4. The highest BCUT2D eigenvalue weighted by molar-refractivity contribution is 5.00. The molecule has 6 heteroatoms. The fraction of sp³-hybridized carbons (Fsp3) is 1.00. The number of rotatable bonds is 12. The van der Waals surface area contributed by atoms with Crippen LogP contribution in [0.2, 0.25) is 0 Å². The van der Waals surface area contributed by atoms with E-state index in [1.54, 1.807) is 0 Å². The van der Waals surface area contributed by atoms with E-state index in [1.807, 2.05) is 6.92 Å². The van der Waals surface area contributed by atoms with Crippen molar-refractivity contribution >= 4 is 0 Å². The van der Waals surface area contributed by atoms with Crippen LogP contribution in [0.3, 0.4) is 0 Å². The first-order valence-corrected chi connectivity index (χ1v) is 9.60. The van der Waals surface area contributed by atoms with Gasteiger partial charge in [-0.25, -0.2) is 0 Å². The van der Waals surface area contributed by atoms with Crippen molar-refractivity contribution in [3.05, 3.63) is 0 Å². The van der Waals surface area contributed by atoms with Crippen LogP contribution in [0, 0.1) is 0 Å². The van der Waals surface area contributed by atoms with Crippen LogP contribution in [0.25, 0.3) is 0 Å². The van der Waals surface area contributed by atoms with Gasteiger partial charge in [0.25, 0.3) is 0 Å². The Bertz CT molecular complexity index is 331. The zero-order valence-electron chi connectivity index (χ0n) is 15.3. The van der Waals surface area contributed by atoms with Gasteiger partial charge in [0.05, 0.1) is 12.6 Å². The molecule has 0 aromatic rings. The Balaban J connectivity index is 2.45. The molecule has 144 valence electrons. The quantitative estimate of drug-likeness (QED) is 0.341. The second-order valence-corrected chi connectivity index (χ2v) is 6.93. The lowest BCUT2D eigenvalue weighted by molar-refractivity contribution is -0.321. The molecule has 0 aromatic heterocycles. The molecule has 1 aliphatic rings. The number of aliphatic hydroxyl groups excluding tert-OH is 3. The number of hydrogen-bond donors (Lipinski definition) is 5. The van der Waals surface area contributed by atoms with Crippen molar-refractivity contribution in [2.24, 2.45) is 0 Å². The zero-order chi connectivity index (χ0) is 18.0. The van der Waals surface area contributed by atoms with Gasteiger partial charge in [-0.1, -0.05) is 58.8 Å². The molecule has 5 N–H and O–H groups in total. The van der Waals surface area contributed by atoms with E-state index in [0.29, 0.717) is 13.0 Å². The van der Waals surface area contributed by atoms with E-state index in [2.05, 4.69) is 12.2 Å². The van der Waals surface area contributed by atoms with Crippen LogP contribution >= 0.6 is 0 Å². The predicted molar refractivity (Wildman–Crippen MR) is 93.6 cm³/mol. The Morgan fingerprint density at radius 2 is 1.50 bits per heavy atom. The lowest BCUT2D eigenvalue weighted by Crippen LogP contribution is -2.69. The molecule has 1 aliphatic heterocycles. The molecule has 0 aromatic carbocycles. The van der Waals surface area contributed by atoms with E-state index in [9.17, 15) is 20.4 Å². The van der Waals surface area contributed by atoms with E-state index in [-0.39, 0.29) is 0 Å². The Labute approximate surface area is 146 Å². The van der Waals surface area contributed by atoms with Crippen LogP contribution < -0.4 is 5.32 Å². The summed E-state index contributed by atoms with van der Waals surface area (Å²) < 4.78 is 5.56. The average molecular weight is 347 g/mol. The van der Waals surface area contributed by atoms with Crippen molar-refractivity contribution < 1.29 is 25.2 Å². The van der Waals surface area contributed by atoms with E-state index in [0.717, 1.165) is 19.3 Å². The third kappa shape index (κ3) is 6.24. The van der Waals surface area contributed by atoms with E-state index in [4.69, 9.17) is 4.74 Å². The van der Waals surface area contributed by atoms with Crippen molar-refractivity contribution in [3.63, 3.8) is 0 Å². The van der Waals surface area contributed by atoms with Gasteiger partial charge in [0.15, 0.2) is 5.79 Å². The summed E-state index contributed by atoms with van der Waals surface area (Å²) in [5.41, 5.74) is 0. The van der Waals surface area contributed by atoms with Gasteiger partial charge in [-0.3, -0.25) is 0 Å². The molecule has 0 radical (unpaired) electrons. The minimum absolute atomic E-state index is 0.375. The highest BCUT2D eigenvalue weighted by Gasteiger charge is 2.52. The van der Waals surface area contributed by atoms with Crippen LogP contribution in [0.4, 0.5) is 0 Å². The van der Waals surface area contributed by atoms with Crippen molar-refractivity contribution in [1.82, 2.24) is 5.32 Å². The summed E-state index contributed by atoms with van der Waals surface area (Å²) in [5, 5.41) is 43.4. The Kier molecular flexibility index (Phi) is 10.3. The largest absolute Gasteiger partial charge is 0.394 e. The zero-order valence-corrected chi connectivity index (χ0v) is 15.3. The van der Waals surface area contributed by atoms with Crippen molar-refractivity contribution in [2.75, 3.05) is 13.2 Å². The third-order valence-corrected chi connectivity index (χ3v) is 4.91.